The highest BCUT2D eigenvalue weighted by atomic mass is 16.6. The van der Waals surface area contributed by atoms with Crippen LogP contribution in [0.1, 0.15) is 6.92 Å². The zero-order valence-corrected chi connectivity index (χ0v) is 5.33. The van der Waals surface area contributed by atoms with E-state index < -0.39 is 24.2 Å². The number of alkyl carbamates (subject to hydrolysis) is 1. The van der Waals surface area contributed by atoms with Gasteiger partial charge < -0.3 is 15.2 Å². The van der Waals surface area contributed by atoms with Gasteiger partial charge in [-0.05, 0) is 6.92 Å². The summed E-state index contributed by atoms with van der Waals surface area (Å²) in [6, 6.07) is -0.896. The van der Waals surface area contributed by atoms with E-state index >= 15 is 0 Å². The van der Waals surface area contributed by atoms with Crippen LogP contribution in [-0.2, 0) is 9.53 Å². The third-order valence-corrected chi connectivity index (χ3v) is 1.30. The lowest BCUT2D eigenvalue weighted by molar-refractivity contribution is -0.140. The maximum absolute atomic E-state index is 10.4. The topological polar surface area (TPSA) is 75.6 Å². The van der Waals surface area contributed by atoms with Crippen LogP contribution in [0.5, 0.6) is 0 Å². The minimum atomic E-state index is -1.07. The average Bonchev–Trinajstić information content (AvgIpc) is 2.10. The van der Waals surface area contributed by atoms with E-state index in [0.29, 0.717) is 0 Å². The van der Waals surface area contributed by atoms with Crippen molar-refractivity contribution in [3.05, 3.63) is 0 Å². The monoisotopic (exact) mass is 145 g/mol. The Morgan fingerprint density at radius 3 is 2.60 bits per heavy atom. The van der Waals surface area contributed by atoms with Crippen molar-refractivity contribution >= 4 is 12.1 Å². The van der Waals surface area contributed by atoms with Crippen LogP contribution in [0.25, 0.3) is 0 Å². The second kappa shape index (κ2) is 2.17. The molecule has 56 valence electrons. The highest BCUT2D eigenvalue weighted by molar-refractivity contribution is 5.83. The summed E-state index contributed by atoms with van der Waals surface area (Å²) in [7, 11) is 0. The smallest absolute Gasteiger partial charge is 0.408 e. The van der Waals surface area contributed by atoms with Crippen molar-refractivity contribution in [1.82, 2.24) is 5.32 Å². The summed E-state index contributed by atoms with van der Waals surface area (Å²) >= 11 is 0. The summed E-state index contributed by atoms with van der Waals surface area (Å²) in [6.45, 7) is 1.52. The molecule has 0 aromatic carbocycles. The van der Waals surface area contributed by atoms with Crippen molar-refractivity contribution < 1.29 is 19.4 Å². The second-order valence-corrected chi connectivity index (χ2v) is 2.07. The quantitative estimate of drug-likeness (QED) is 0.524. The highest BCUT2D eigenvalue weighted by Crippen LogP contribution is 2.06. The zero-order valence-electron chi connectivity index (χ0n) is 5.33. The fourth-order valence-corrected chi connectivity index (χ4v) is 0.778. The molecule has 1 fully saturated rings. The van der Waals surface area contributed by atoms with E-state index in [9.17, 15) is 9.59 Å². The first-order valence-corrected chi connectivity index (χ1v) is 2.81. The molecule has 1 aliphatic rings. The molecule has 1 aliphatic heterocycles. The van der Waals surface area contributed by atoms with Crippen molar-refractivity contribution in [1.29, 1.82) is 0 Å². The van der Waals surface area contributed by atoms with Gasteiger partial charge in [-0.2, -0.15) is 0 Å². The van der Waals surface area contributed by atoms with Crippen LogP contribution in [0.15, 0.2) is 0 Å². The van der Waals surface area contributed by atoms with Gasteiger partial charge in [0.15, 0.2) is 6.04 Å². The van der Waals surface area contributed by atoms with Crippen LogP contribution in [0.3, 0.4) is 0 Å². The van der Waals surface area contributed by atoms with Crippen LogP contribution >= 0.6 is 0 Å². The van der Waals surface area contributed by atoms with Gasteiger partial charge >= 0.3 is 12.1 Å². The Morgan fingerprint density at radius 2 is 2.40 bits per heavy atom. The summed E-state index contributed by atoms with van der Waals surface area (Å²) in [5.74, 6) is -1.07. The van der Waals surface area contributed by atoms with Crippen LogP contribution < -0.4 is 5.32 Å². The molecule has 5 heteroatoms. The summed E-state index contributed by atoms with van der Waals surface area (Å²) in [5.41, 5.74) is 0. The number of ether oxygens (including phenoxy) is 1. The number of nitrogens with one attached hydrogen (secondary N) is 1. The van der Waals surface area contributed by atoms with Gasteiger partial charge in [0, 0.05) is 0 Å². The third-order valence-electron chi connectivity index (χ3n) is 1.30. The van der Waals surface area contributed by atoms with Crippen molar-refractivity contribution in [2.75, 3.05) is 0 Å². The molecular formula is C5H7NO4. The number of carbonyl (C=O) groups is 2. The molecule has 1 heterocycles. The van der Waals surface area contributed by atoms with Crippen molar-refractivity contribution in [2.24, 2.45) is 0 Å². The zero-order chi connectivity index (χ0) is 7.72. The van der Waals surface area contributed by atoms with Gasteiger partial charge in [0.2, 0.25) is 0 Å². The molecule has 0 radical (unpaired) electrons. The molecule has 2 atom stereocenters. The summed E-state index contributed by atoms with van der Waals surface area (Å²) in [6.07, 6.45) is -1.25. The number of carboxylic acid groups (broad SMARTS) is 1. The molecule has 0 bridgehead atoms. The molecular weight excluding hydrogens is 138 g/mol. The Morgan fingerprint density at radius 1 is 1.80 bits per heavy atom. The van der Waals surface area contributed by atoms with Crippen LogP contribution in [0.2, 0.25) is 0 Å². The SMILES string of the molecule is C[C@@H]1OC(=O)N[C@@H]1C(=O)O. The van der Waals surface area contributed by atoms with Crippen molar-refractivity contribution in [3.8, 4) is 0 Å². The lowest BCUT2D eigenvalue weighted by Gasteiger charge is -2.04. The lowest BCUT2D eigenvalue weighted by atomic mass is 10.2. The van der Waals surface area contributed by atoms with Crippen molar-refractivity contribution in [2.45, 2.75) is 19.1 Å². The molecule has 0 aromatic rings. The van der Waals surface area contributed by atoms with Gasteiger partial charge in [-0.25, -0.2) is 9.59 Å². The normalized spacial score (nSPS) is 31.1. The highest BCUT2D eigenvalue weighted by Gasteiger charge is 2.35. The van der Waals surface area contributed by atoms with Gasteiger partial charge in [-0.1, -0.05) is 0 Å². The molecule has 1 rings (SSSR count). The van der Waals surface area contributed by atoms with E-state index in [4.69, 9.17) is 5.11 Å². The minimum Gasteiger partial charge on any atom is -0.480 e. The molecule has 0 spiro atoms. The maximum atomic E-state index is 10.4. The first-order valence-electron chi connectivity index (χ1n) is 2.81. The number of hydrogen-bond donors (Lipinski definition) is 2. The molecule has 10 heavy (non-hydrogen) atoms. The van der Waals surface area contributed by atoms with Crippen LogP contribution in [0.4, 0.5) is 4.79 Å². The van der Waals surface area contributed by atoms with E-state index in [2.05, 4.69) is 10.1 Å². The summed E-state index contributed by atoms with van der Waals surface area (Å²) < 4.78 is 4.50. The first-order chi connectivity index (χ1) is 4.61. The molecule has 0 unspecified atom stereocenters. The summed E-state index contributed by atoms with van der Waals surface area (Å²) in [5, 5.41) is 10.5. The predicted octanol–water partition coefficient (Wildman–Crippen LogP) is -0.432. The first kappa shape index (κ1) is 6.85. The fraction of sp³-hybridized carbons (Fsp3) is 0.600. The molecule has 1 amide bonds. The van der Waals surface area contributed by atoms with Crippen LogP contribution in [0, 0.1) is 0 Å². The Kier molecular flexibility index (Phi) is 1.48. The maximum Gasteiger partial charge on any atom is 0.408 e. The van der Waals surface area contributed by atoms with Crippen LogP contribution in [-0.4, -0.2) is 29.3 Å². The van der Waals surface area contributed by atoms with Crippen molar-refractivity contribution in [3.63, 3.8) is 0 Å². The molecule has 1 saturated heterocycles. The molecule has 0 aromatic heterocycles. The Bertz CT molecular complexity index is 178. The number of amides is 1. The Hall–Kier alpha value is -1.26. The molecule has 0 saturated carbocycles. The van der Waals surface area contributed by atoms with E-state index in [-0.39, 0.29) is 0 Å². The number of aliphatic carboxylic acids is 1. The molecule has 5 nitrogen and oxygen atoms in total. The average molecular weight is 145 g/mol. The number of hydrogen-bond acceptors (Lipinski definition) is 3. The fourth-order valence-electron chi connectivity index (χ4n) is 0.778. The predicted molar refractivity (Wildman–Crippen MR) is 30.5 cm³/mol. The van der Waals surface area contributed by atoms with E-state index in [1.165, 1.54) is 6.92 Å². The number of carboxylic acids is 1. The largest absolute Gasteiger partial charge is 0.480 e. The minimum absolute atomic E-state index is 0.579. The summed E-state index contributed by atoms with van der Waals surface area (Å²) in [4.78, 5) is 20.6. The van der Waals surface area contributed by atoms with Gasteiger partial charge in [0.1, 0.15) is 6.10 Å². The third kappa shape index (κ3) is 1.02. The number of rotatable bonds is 1. The van der Waals surface area contributed by atoms with E-state index in [1.807, 2.05) is 0 Å². The van der Waals surface area contributed by atoms with Gasteiger partial charge in [0.05, 0.1) is 0 Å². The van der Waals surface area contributed by atoms with Gasteiger partial charge in [-0.15, -0.1) is 0 Å². The number of cyclic esters (lactones) is 1. The van der Waals surface area contributed by atoms with E-state index in [0.717, 1.165) is 0 Å². The molecule has 0 aliphatic carbocycles. The lowest BCUT2D eigenvalue weighted by Crippen LogP contribution is -2.37. The van der Waals surface area contributed by atoms with E-state index in [1.54, 1.807) is 0 Å². The standard InChI is InChI=1S/C5H7NO4/c1-2-3(4(7)8)6-5(9)10-2/h2-3H,1H3,(H,6,9)(H,7,8)/t2-,3-/m0/s1. The Balaban J connectivity index is 2.63. The number of carbonyl (C=O) groups excluding carboxylic acids is 1. The van der Waals surface area contributed by atoms with Gasteiger partial charge in [0.25, 0.3) is 0 Å². The Labute approximate surface area is 57.0 Å². The van der Waals surface area contributed by atoms with Gasteiger partial charge in [-0.3, -0.25) is 0 Å². The second-order valence-electron chi connectivity index (χ2n) is 2.07. The molecule has 2 N–H and O–H groups in total.